The monoisotopic (exact) mass is 259 g/mol. The van der Waals surface area contributed by atoms with Crippen LogP contribution in [0.3, 0.4) is 0 Å². The molecule has 0 aromatic heterocycles. The van der Waals surface area contributed by atoms with Gasteiger partial charge in [-0.15, -0.1) is 0 Å². The number of benzene rings is 1. The normalized spacial score (nSPS) is 24.2. The SMILES string of the molecule is NC(=O)[C@H]1CC[C@@H](c2cccc(C(F)(F)F)c2)O1. The second-order valence-corrected chi connectivity index (χ2v) is 4.22. The average molecular weight is 259 g/mol. The van der Waals surface area contributed by atoms with Crippen LogP contribution in [0.25, 0.3) is 0 Å². The Morgan fingerprint density at radius 3 is 2.61 bits per heavy atom. The second kappa shape index (κ2) is 4.61. The average Bonchev–Trinajstić information content (AvgIpc) is 2.77. The number of amides is 1. The maximum absolute atomic E-state index is 12.5. The highest BCUT2D eigenvalue weighted by atomic mass is 19.4. The van der Waals surface area contributed by atoms with E-state index in [1.165, 1.54) is 6.07 Å². The summed E-state index contributed by atoms with van der Waals surface area (Å²) in [6.45, 7) is 0. The van der Waals surface area contributed by atoms with E-state index in [2.05, 4.69) is 0 Å². The van der Waals surface area contributed by atoms with Crippen LogP contribution in [0, 0.1) is 0 Å². The van der Waals surface area contributed by atoms with Crippen LogP contribution in [-0.4, -0.2) is 12.0 Å². The first-order valence-corrected chi connectivity index (χ1v) is 5.50. The largest absolute Gasteiger partial charge is 0.416 e. The van der Waals surface area contributed by atoms with Crippen molar-refractivity contribution in [2.45, 2.75) is 31.2 Å². The van der Waals surface area contributed by atoms with Gasteiger partial charge >= 0.3 is 6.18 Å². The molecule has 0 bridgehead atoms. The van der Waals surface area contributed by atoms with Crippen LogP contribution in [0.5, 0.6) is 0 Å². The van der Waals surface area contributed by atoms with Crippen molar-refractivity contribution in [1.29, 1.82) is 0 Å². The number of rotatable bonds is 2. The molecule has 1 aliphatic heterocycles. The van der Waals surface area contributed by atoms with Crippen LogP contribution in [0.2, 0.25) is 0 Å². The highest BCUT2D eigenvalue weighted by Gasteiger charge is 2.33. The van der Waals surface area contributed by atoms with Gasteiger partial charge in [0.1, 0.15) is 6.10 Å². The first-order valence-electron chi connectivity index (χ1n) is 5.50. The summed E-state index contributed by atoms with van der Waals surface area (Å²) in [5.41, 5.74) is 4.80. The molecule has 0 unspecified atom stereocenters. The van der Waals surface area contributed by atoms with Crippen LogP contribution in [0.15, 0.2) is 24.3 Å². The molecular formula is C12H12F3NO2. The Kier molecular flexibility index (Phi) is 3.30. The predicted molar refractivity (Wildman–Crippen MR) is 57.5 cm³/mol. The number of nitrogens with two attached hydrogens (primary N) is 1. The number of hydrogen-bond acceptors (Lipinski definition) is 2. The molecule has 1 heterocycles. The second-order valence-electron chi connectivity index (χ2n) is 4.22. The Bertz CT molecular complexity index is 459. The molecule has 2 rings (SSSR count). The van der Waals surface area contributed by atoms with Gasteiger partial charge < -0.3 is 10.5 Å². The molecule has 1 aromatic rings. The van der Waals surface area contributed by atoms with Crippen molar-refractivity contribution in [1.82, 2.24) is 0 Å². The molecule has 98 valence electrons. The number of primary amides is 1. The van der Waals surface area contributed by atoms with Crippen LogP contribution >= 0.6 is 0 Å². The zero-order valence-corrected chi connectivity index (χ0v) is 9.41. The fourth-order valence-corrected chi connectivity index (χ4v) is 2.01. The third-order valence-corrected chi connectivity index (χ3v) is 2.92. The van der Waals surface area contributed by atoms with Gasteiger partial charge in [-0.05, 0) is 30.5 Å². The fraction of sp³-hybridized carbons (Fsp3) is 0.417. The molecule has 1 aromatic carbocycles. The van der Waals surface area contributed by atoms with E-state index in [1.54, 1.807) is 6.07 Å². The molecule has 18 heavy (non-hydrogen) atoms. The van der Waals surface area contributed by atoms with Crippen LogP contribution < -0.4 is 5.73 Å². The van der Waals surface area contributed by atoms with E-state index in [-0.39, 0.29) is 0 Å². The third-order valence-electron chi connectivity index (χ3n) is 2.92. The maximum Gasteiger partial charge on any atom is 0.416 e. The van der Waals surface area contributed by atoms with Crippen LogP contribution in [0.1, 0.15) is 30.1 Å². The lowest BCUT2D eigenvalue weighted by Crippen LogP contribution is -2.27. The molecule has 1 fully saturated rings. The summed E-state index contributed by atoms with van der Waals surface area (Å²) in [7, 11) is 0. The van der Waals surface area contributed by atoms with Gasteiger partial charge in [-0.25, -0.2) is 0 Å². The number of hydrogen-bond donors (Lipinski definition) is 1. The summed E-state index contributed by atoms with van der Waals surface area (Å²) in [5, 5.41) is 0. The lowest BCUT2D eigenvalue weighted by Gasteiger charge is -2.14. The van der Waals surface area contributed by atoms with E-state index >= 15 is 0 Å². The zero-order valence-electron chi connectivity index (χ0n) is 9.41. The van der Waals surface area contributed by atoms with E-state index in [1.807, 2.05) is 0 Å². The summed E-state index contributed by atoms with van der Waals surface area (Å²) in [6.07, 6.45) is -4.64. The fourth-order valence-electron chi connectivity index (χ4n) is 2.01. The summed E-state index contributed by atoms with van der Waals surface area (Å²) < 4.78 is 43.0. The van der Waals surface area contributed by atoms with Gasteiger partial charge in [0.25, 0.3) is 0 Å². The molecule has 1 amide bonds. The number of alkyl halides is 3. The lowest BCUT2D eigenvalue weighted by molar-refractivity contribution is -0.138. The van der Waals surface area contributed by atoms with Gasteiger partial charge in [-0.2, -0.15) is 13.2 Å². The van der Waals surface area contributed by atoms with E-state index < -0.39 is 29.9 Å². The Morgan fingerprint density at radius 1 is 1.33 bits per heavy atom. The molecule has 3 nitrogen and oxygen atoms in total. The predicted octanol–water partition coefficient (Wildman–Crippen LogP) is 2.41. The standard InChI is InChI=1S/C12H12F3NO2/c13-12(14,15)8-3-1-2-7(6-8)9-4-5-10(18-9)11(16)17/h1-3,6,9-10H,4-5H2,(H2,16,17)/t9-,10+/m0/s1. The van der Waals surface area contributed by atoms with E-state index in [9.17, 15) is 18.0 Å². The number of carbonyl (C=O) groups is 1. The molecule has 0 aliphatic carbocycles. The molecule has 0 spiro atoms. The quantitative estimate of drug-likeness (QED) is 0.886. The first-order chi connectivity index (χ1) is 8.38. The first kappa shape index (κ1) is 12.9. The molecule has 1 aliphatic rings. The van der Waals surface area contributed by atoms with Crippen molar-refractivity contribution in [2.75, 3.05) is 0 Å². The highest BCUT2D eigenvalue weighted by molar-refractivity contribution is 5.79. The van der Waals surface area contributed by atoms with Crippen LogP contribution in [0.4, 0.5) is 13.2 Å². The molecular weight excluding hydrogens is 247 g/mol. The van der Waals surface area contributed by atoms with Crippen LogP contribution in [-0.2, 0) is 15.7 Å². The highest BCUT2D eigenvalue weighted by Crippen LogP contribution is 2.36. The minimum atomic E-state index is -4.38. The third kappa shape index (κ3) is 2.64. The van der Waals surface area contributed by atoms with Gasteiger partial charge in [-0.3, -0.25) is 4.79 Å². The Balaban J connectivity index is 2.18. The minimum absolute atomic E-state index is 0.425. The lowest BCUT2D eigenvalue weighted by atomic mass is 10.0. The molecule has 2 N–H and O–H groups in total. The zero-order chi connectivity index (χ0) is 13.3. The van der Waals surface area contributed by atoms with Gasteiger partial charge in [0.05, 0.1) is 11.7 Å². The minimum Gasteiger partial charge on any atom is -0.367 e. The molecule has 6 heteroatoms. The number of halogens is 3. The van der Waals surface area contributed by atoms with Crippen molar-refractivity contribution in [2.24, 2.45) is 5.73 Å². The topological polar surface area (TPSA) is 52.3 Å². The van der Waals surface area contributed by atoms with Gasteiger partial charge in [-0.1, -0.05) is 12.1 Å². The Labute approximate surface area is 102 Å². The number of ether oxygens (including phenoxy) is 1. The summed E-state index contributed by atoms with van der Waals surface area (Å²) in [4.78, 5) is 10.9. The smallest absolute Gasteiger partial charge is 0.367 e. The molecule has 0 radical (unpaired) electrons. The van der Waals surface area contributed by atoms with Gasteiger partial charge in [0, 0.05) is 0 Å². The van der Waals surface area contributed by atoms with Crippen molar-refractivity contribution in [3.8, 4) is 0 Å². The molecule has 0 saturated carbocycles. The Hall–Kier alpha value is -1.56. The summed E-state index contributed by atoms with van der Waals surface area (Å²) in [6, 6.07) is 4.94. The summed E-state index contributed by atoms with van der Waals surface area (Å²) >= 11 is 0. The Morgan fingerprint density at radius 2 is 2.06 bits per heavy atom. The maximum atomic E-state index is 12.5. The number of carbonyl (C=O) groups excluding carboxylic acids is 1. The van der Waals surface area contributed by atoms with E-state index in [4.69, 9.17) is 10.5 Å². The van der Waals surface area contributed by atoms with Crippen molar-refractivity contribution in [3.05, 3.63) is 35.4 Å². The van der Waals surface area contributed by atoms with E-state index in [0.717, 1.165) is 12.1 Å². The molecule has 1 saturated heterocycles. The van der Waals surface area contributed by atoms with Gasteiger partial charge in [0.2, 0.25) is 5.91 Å². The van der Waals surface area contributed by atoms with Gasteiger partial charge in [0.15, 0.2) is 0 Å². The van der Waals surface area contributed by atoms with E-state index in [0.29, 0.717) is 18.4 Å². The van der Waals surface area contributed by atoms with Crippen molar-refractivity contribution in [3.63, 3.8) is 0 Å². The van der Waals surface area contributed by atoms with Crippen molar-refractivity contribution < 1.29 is 22.7 Å². The van der Waals surface area contributed by atoms with Crippen molar-refractivity contribution >= 4 is 5.91 Å². The molecule has 2 atom stereocenters. The summed E-state index contributed by atoms with van der Waals surface area (Å²) in [5.74, 6) is -0.579.